The van der Waals surface area contributed by atoms with Crippen LogP contribution in [0.5, 0.6) is 5.75 Å². The molecule has 1 saturated heterocycles. The van der Waals surface area contributed by atoms with Crippen LogP contribution in [0.2, 0.25) is 5.02 Å². The molecule has 1 fully saturated rings. The van der Waals surface area contributed by atoms with E-state index in [9.17, 15) is 24.2 Å². The molecule has 0 aliphatic carbocycles. The maximum absolute atomic E-state index is 15.0. The number of amides is 1. The number of aliphatic hydroxyl groups excluding tert-OH is 1. The van der Waals surface area contributed by atoms with Crippen LogP contribution in [0, 0.1) is 5.82 Å². The first-order valence-corrected chi connectivity index (χ1v) is 14.3. The van der Waals surface area contributed by atoms with Gasteiger partial charge in [0.1, 0.15) is 23.0 Å². The predicted octanol–water partition coefficient (Wildman–Crippen LogP) is 4.93. The third kappa shape index (κ3) is 6.00. The number of fused-ring (bicyclic) bond motifs is 1. The highest BCUT2D eigenvalue weighted by atomic mass is 35.5. The van der Waals surface area contributed by atoms with Gasteiger partial charge < -0.3 is 24.7 Å². The van der Waals surface area contributed by atoms with Crippen LogP contribution in [0.25, 0.3) is 28.0 Å². The Hall–Kier alpha value is -4.22. The number of phenolic OH excluding ortho intramolecular Hbond substituents is 1. The van der Waals surface area contributed by atoms with Crippen molar-refractivity contribution in [3.05, 3.63) is 75.4 Å². The molecule has 43 heavy (non-hydrogen) atoms. The van der Waals surface area contributed by atoms with Crippen molar-refractivity contribution < 1.29 is 24.1 Å². The molecule has 1 amide bonds. The van der Waals surface area contributed by atoms with Crippen LogP contribution in [0.1, 0.15) is 33.3 Å². The zero-order valence-electron chi connectivity index (χ0n) is 24.3. The van der Waals surface area contributed by atoms with Gasteiger partial charge in [-0.15, -0.1) is 0 Å². The fourth-order valence-corrected chi connectivity index (χ4v) is 5.54. The zero-order valence-corrected chi connectivity index (χ0v) is 25.1. The number of aliphatic hydroxyl groups is 1. The molecule has 2 aromatic carbocycles. The lowest BCUT2D eigenvalue weighted by Gasteiger charge is -2.41. The van der Waals surface area contributed by atoms with Gasteiger partial charge in [-0.3, -0.25) is 0 Å². The average molecular weight is 610 g/mol. The molecular formula is C31H33ClFN5O5. The first-order valence-electron chi connectivity index (χ1n) is 13.9. The van der Waals surface area contributed by atoms with Gasteiger partial charge in [0.15, 0.2) is 5.65 Å². The predicted molar refractivity (Wildman–Crippen MR) is 163 cm³/mol. The first kappa shape index (κ1) is 30.2. The monoisotopic (exact) mass is 609 g/mol. The summed E-state index contributed by atoms with van der Waals surface area (Å²) in [5.41, 5.74) is -0.260. The summed E-state index contributed by atoms with van der Waals surface area (Å²) in [6.07, 6.45) is -0.156. The molecule has 1 unspecified atom stereocenters. The fraction of sp³-hybridized carbons (Fsp3) is 0.355. The van der Waals surface area contributed by atoms with Crippen molar-refractivity contribution in [1.82, 2.24) is 19.4 Å². The summed E-state index contributed by atoms with van der Waals surface area (Å²) in [6.45, 7) is 8.17. The fourth-order valence-electron chi connectivity index (χ4n) is 5.29. The van der Waals surface area contributed by atoms with Gasteiger partial charge in [-0.05, 0) is 63.9 Å². The highest BCUT2D eigenvalue weighted by Gasteiger charge is 2.32. The number of rotatable bonds is 5. The number of nitrogens with zero attached hydrogens (tertiary/aromatic N) is 5. The van der Waals surface area contributed by atoms with Crippen molar-refractivity contribution >= 4 is 34.5 Å². The van der Waals surface area contributed by atoms with Gasteiger partial charge in [-0.1, -0.05) is 35.9 Å². The largest absolute Gasteiger partial charge is 0.507 e. The van der Waals surface area contributed by atoms with Crippen molar-refractivity contribution in [2.45, 2.75) is 45.8 Å². The number of hydrogen-bond acceptors (Lipinski definition) is 8. The second kappa shape index (κ2) is 11.8. The number of phenols is 1. The van der Waals surface area contributed by atoms with Crippen LogP contribution in [0.3, 0.4) is 0 Å². The number of piperazine rings is 1. The summed E-state index contributed by atoms with van der Waals surface area (Å²) in [7, 11) is 0. The van der Waals surface area contributed by atoms with Crippen molar-refractivity contribution in [1.29, 1.82) is 0 Å². The van der Waals surface area contributed by atoms with E-state index in [1.54, 1.807) is 56.0 Å². The number of aromatic nitrogens is 3. The maximum atomic E-state index is 15.0. The van der Waals surface area contributed by atoms with Crippen LogP contribution in [0.15, 0.2) is 53.3 Å². The highest BCUT2D eigenvalue weighted by molar-refractivity contribution is 6.34. The molecule has 12 heteroatoms. The minimum atomic E-state index is -0.732. The van der Waals surface area contributed by atoms with Gasteiger partial charge in [0.2, 0.25) is 0 Å². The molecule has 0 saturated carbocycles. The van der Waals surface area contributed by atoms with E-state index in [4.69, 9.17) is 16.3 Å². The van der Waals surface area contributed by atoms with Gasteiger partial charge in [-0.2, -0.15) is 4.98 Å². The molecule has 0 bridgehead atoms. The standard InChI is InChI=1S/C31H33ClFN5O5/c1-18-17-36(30(42)43-31(2,3)4)13-14-37(18)27-20-16-21(32)26(25-22(33)9-7-11-24(25)40)34-28(20)38(29(41)35-27)23-10-6-5-8-19(23)12-15-39/h5-11,16,18,39-40H,12-15,17H2,1-4H3. The molecule has 226 valence electrons. The van der Waals surface area contributed by atoms with Gasteiger partial charge in [0.05, 0.1) is 27.4 Å². The van der Waals surface area contributed by atoms with Crippen LogP contribution >= 0.6 is 11.6 Å². The Morgan fingerprint density at radius 3 is 2.56 bits per heavy atom. The SMILES string of the molecule is CC1CN(C(=O)OC(C)(C)C)CCN1c1nc(=O)n(-c2ccccc2CCO)c2nc(-c3c(O)cccc3F)c(Cl)cc12. The Bertz CT molecular complexity index is 1740. The van der Waals surface area contributed by atoms with Crippen LogP contribution in [-0.2, 0) is 11.2 Å². The number of hydrogen-bond donors (Lipinski definition) is 2. The molecule has 2 aromatic heterocycles. The molecule has 3 heterocycles. The topological polar surface area (TPSA) is 121 Å². The molecule has 1 atom stereocenters. The number of ether oxygens (including phenoxy) is 1. The van der Waals surface area contributed by atoms with Crippen LogP contribution in [0.4, 0.5) is 15.0 Å². The summed E-state index contributed by atoms with van der Waals surface area (Å²) >= 11 is 6.70. The minimum absolute atomic E-state index is 0.0440. The number of carbonyl (C=O) groups excluding carboxylic acids is 1. The van der Waals surface area contributed by atoms with Crippen molar-refractivity contribution in [3.8, 4) is 22.7 Å². The smallest absolute Gasteiger partial charge is 0.410 e. The van der Waals surface area contributed by atoms with E-state index < -0.39 is 23.2 Å². The molecule has 0 radical (unpaired) electrons. The van der Waals surface area contributed by atoms with E-state index in [2.05, 4.69) is 9.97 Å². The zero-order chi connectivity index (χ0) is 31.1. The minimum Gasteiger partial charge on any atom is -0.507 e. The van der Waals surface area contributed by atoms with E-state index in [1.165, 1.54) is 22.8 Å². The van der Waals surface area contributed by atoms with Crippen LogP contribution < -0.4 is 10.6 Å². The number of pyridine rings is 1. The van der Waals surface area contributed by atoms with E-state index in [0.717, 1.165) is 0 Å². The van der Waals surface area contributed by atoms with Crippen molar-refractivity contribution in [3.63, 3.8) is 0 Å². The molecule has 1 aliphatic rings. The summed E-state index contributed by atoms with van der Waals surface area (Å²) in [5.74, 6) is -0.778. The average Bonchev–Trinajstić information content (AvgIpc) is 2.93. The summed E-state index contributed by atoms with van der Waals surface area (Å²) < 4.78 is 21.8. The summed E-state index contributed by atoms with van der Waals surface area (Å²) in [6, 6.07) is 12.2. The third-order valence-electron chi connectivity index (χ3n) is 7.19. The Morgan fingerprint density at radius 1 is 1.14 bits per heavy atom. The molecule has 1 aliphatic heterocycles. The second-order valence-electron chi connectivity index (χ2n) is 11.4. The van der Waals surface area contributed by atoms with Gasteiger partial charge in [0.25, 0.3) is 0 Å². The van der Waals surface area contributed by atoms with E-state index in [1.807, 2.05) is 11.8 Å². The van der Waals surface area contributed by atoms with E-state index in [-0.39, 0.29) is 46.7 Å². The van der Waals surface area contributed by atoms with Crippen molar-refractivity contribution in [2.24, 2.45) is 0 Å². The normalized spacial score (nSPS) is 15.7. The maximum Gasteiger partial charge on any atom is 0.410 e. The lowest BCUT2D eigenvalue weighted by Crippen LogP contribution is -2.55. The first-order chi connectivity index (χ1) is 20.4. The number of carbonyl (C=O) groups is 1. The summed E-state index contributed by atoms with van der Waals surface area (Å²) in [5, 5.41) is 20.7. The van der Waals surface area contributed by atoms with Gasteiger partial charge >= 0.3 is 11.8 Å². The van der Waals surface area contributed by atoms with E-state index >= 15 is 0 Å². The lowest BCUT2D eigenvalue weighted by molar-refractivity contribution is 0.0218. The number of anilines is 1. The number of halogens is 2. The van der Waals surface area contributed by atoms with Gasteiger partial charge in [-0.25, -0.2) is 23.5 Å². The Balaban J connectivity index is 1.70. The Kier molecular flexibility index (Phi) is 8.31. The Morgan fingerprint density at radius 2 is 1.88 bits per heavy atom. The molecule has 0 spiro atoms. The van der Waals surface area contributed by atoms with Crippen molar-refractivity contribution in [2.75, 3.05) is 31.1 Å². The highest BCUT2D eigenvalue weighted by Crippen LogP contribution is 2.38. The van der Waals surface area contributed by atoms with Crippen LogP contribution in [-0.4, -0.2) is 73.6 Å². The number of aromatic hydroxyl groups is 1. The number of benzene rings is 2. The second-order valence-corrected chi connectivity index (χ2v) is 11.9. The number of para-hydroxylation sites is 1. The molecule has 2 N–H and O–H groups in total. The summed E-state index contributed by atoms with van der Waals surface area (Å²) in [4.78, 5) is 39.3. The molecule has 10 nitrogen and oxygen atoms in total. The van der Waals surface area contributed by atoms with Gasteiger partial charge in [0, 0.05) is 32.3 Å². The Labute approximate surface area is 252 Å². The third-order valence-corrected chi connectivity index (χ3v) is 7.48. The quantitative estimate of drug-likeness (QED) is 0.327. The van der Waals surface area contributed by atoms with E-state index in [0.29, 0.717) is 42.1 Å². The molecular weight excluding hydrogens is 577 g/mol. The molecule has 5 rings (SSSR count). The lowest BCUT2D eigenvalue weighted by atomic mass is 10.1. The molecule has 4 aromatic rings.